The maximum atomic E-state index is 11.8. The largest absolute Gasteiger partial charge is 0.323 e. The van der Waals surface area contributed by atoms with Crippen molar-refractivity contribution in [2.75, 3.05) is 5.32 Å². The van der Waals surface area contributed by atoms with E-state index in [1.807, 2.05) is 19.9 Å². The van der Waals surface area contributed by atoms with Crippen LogP contribution in [-0.2, 0) is 0 Å². The van der Waals surface area contributed by atoms with Gasteiger partial charge in [0.05, 0.1) is 0 Å². The van der Waals surface area contributed by atoms with Crippen molar-refractivity contribution in [2.24, 2.45) is 5.41 Å². The average molecular weight is 281 g/mol. The van der Waals surface area contributed by atoms with Gasteiger partial charge in [0.25, 0.3) is 0 Å². The van der Waals surface area contributed by atoms with Gasteiger partial charge in [-0.05, 0) is 37.0 Å². The van der Waals surface area contributed by atoms with Crippen molar-refractivity contribution in [3.63, 3.8) is 0 Å². The van der Waals surface area contributed by atoms with Gasteiger partial charge in [0, 0.05) is 16.9 Å². The number of carbonyl (C=O) groups is 1. The summed E-state index contributed by atoms with van der Waals surface area (Å²) >= 11 is 6.00. The Kier molecular flexibility index (Phi) is 5.01. The Morgan fingerprint density at radius 1 is 1.32 bits per heavy atom. The third-order valence-corrected chi connectivity index (χ3v) is 3.53. The SMILES string of the molecule is C/C(=C\NC(=O)Nc1cccc(Cl)c1C)C(C)(C)C. The molecule has 1 aromatic carbocycles. The first kappa shape index (κ1) is 15.6. The molecule has 2 N–H and O–H groups in total. The van der Waals surface area contributed by atoms with Crippen LogP contribution in [0.1, 0.15) is 33.3 Å². The first-order chi connectivity index (χ1) is 8.71. The zero-order valence-corrected chi connectivity index (χ0v) is 12.9. The molecule has 0 saturated heterocycles. The Morgan fingerprint density at radius 3 is 2.53 bits per heavy atom. The summed E-state index contributed by atoms with van der Waals surface area (Å²) in [5.74, 6) is 0. The highest BCUT2D eigenvalue weighted by atomic mass is 35.5. The molecular weight excluding hydrogens is 260 g/mol. The van der Waals surface area contributed by atoms with Crippen LogP contribution >= 0.6 is 11.6 Å². The monoisotopic (exact) mass is 280 g/mol. The second kappa shape index (κ2) is 6.11. The van der Waals surface area contributed by atoms with Gasteiger partial charge in [0.15, 0.2) is 0 Å². The van der Waals surface area contributed by atoms with Gasteiger partial charge in [-0.1, -0.05) is 44.0 Å². The molecule has 0 atom stereocenters. The molecule has 104 valence electrons. The average Bonchev–Trinajstić information content (AvgIpc) is 2.30. The van der Waals surface area contributed by atoms with Crippen molar-refractivity contribution >= 4 is 23.3 Å². The molecule has 0 bridgehead atoms. The van der Waals surface area contributed by atoms with Crippen LogP contribution in [0.25, 0.3) is 0 Å². The van der Waals surface area contributed by atoms with Gasteiger partial charge in [-0.2, -0.15) is 0 Å². The van der Waals surface area contributed by atoms with Crippen LogP contribution < -0.4 is 10.6 Å². The summed E-state index contributed by atoms with van der Waals surface area (Å²) in [6.45, 7) is 10.2. The Labute approximate surface area is 120 Å². The second-order valence-electron chi connectivity index (χ2n) is 5.59. The molecule has 0 spiro atoms. The predicted molar refractivity (Wildman–Crippen MR) is 81.6 cm³/mol. The molecule has 2 amide bonds. The standard InChI is InChI=1S/C15H21ClN2O/c1-10(15(3,4)5)9-17-14(19)18-13-8-6-7-12(16)11(13)2/h6-9H,1-5H3,(H2,17,18,19)/b10-9+. The predicted octanol–water partition coefficient (Wildman–Crippen LogP) is 4.72. The van der Waals surface area contributed by atoms with E-state index >= 15 is 0 Å². The van der Waals surface area contributed by atoms with Gasteiger partial charge < -0.3 is 10.6 Å². The Morgan fingerprint density at radius 2 is 1.95 bits per heavy atom. The molecule has 0 aliphatic rings. The number of amides is 2. The summed E-state index contributed by atoms with van der Waals surface area (Å²) in [4.78, 5) is 11.8. The van der Waals surface area contributed by atoms with Crippen LogP contribution in [0, 0.1) is 12.3 Å². The number of hydrogen-bond acceptors (Lipinski definition) is 1. The number of hydrogen-bond donors (Lipinski definition) is 2. The van der Waals surface area contributed by atoms with Crippen LogP contribution in [0.3, 0.4) is 0 Å². The molecule has 4 heteroatoms. The van der Waals surface area contributed by atoms with Gasteiger partial charge in [0.2, 0.25) is 0 Å². The molecule has 1 aromatic rings. The van der Waals surface area contributed by atoms with Crippen LogP contribution in [-0.4, -0.2) is 6.03 Å². The fourth-order valence-corrected chi connectivity index (χ4v) is 1.47. The quantitative estimate of drug-likeness (QED) is 0.808. The summed E-state index contributed by atoms with van der Waals surface area (Å²) in [6, 6.07) is 5.15. The summed E-state index contributed by atoms with van der Waals surface area (Å²) in [5, 5.41) is 6.15. The number of anilines is 1. The van der Waals surface area contributed by atoms with Crippen molar-refractivity contribution in [1.82, 2.24) is 5.32 Å². The molecule has 0 fully saturated rings. The lowest BCUT2D eigenvalue weighted by Crippen LogP contribution is -2.25. The van der Waals surface area contributed by atoms with E-state index in [0.717, 1.165) is 11.1 Å². The molecule has 1 rings (SSSR count). The highest BCUT2D eigenvalue weighted by Gasteiger charge is 2.12. The minimum Gasteiger partial charge on any atom is -0.314 e. The first-order valence-electron chi connectivity index (χ1n) is 6.21. The van der Waals surface area contributed by atoms with E-state index < -0.39 is 0 Å². The molecule has 19 heavy (non-hydrogen) atoms. The van der Waals surface area contributed by atoms with E-state index in [0.29, 0.717) is 10.7 Å². The van der Waals surface area contributed by atoms with E-state index in [-0.39, 0.29) is 11.4 Å². The zero-order valence-electron chi connectivity index (χ0n) is 12.1. The minimum absolute atomic E-state index is 0.0409. The third kappa shape index (κ3) is 4.60. The van der Waals surface area contributed by atoms with Crippen LogP contribution in [0.15, 0.2) is 30.0 Å². The maximum Gasteiger partial charge on any atom is 0.323 e. The number of allylic oxidation sites excluding steroid dienone is 1. The van der Waals surface area contributed by atoms with Crippen molar-refractivity contribution < 1.29 is 4.79 Å². The van der Waals surface area contributed by atoms with Crippen molar-refractivity contribution in [2.45, 2.75) is 34.6 Å². The summed E-state index contributed by atoms with van der Waals surface area (Å²) in [7, 11) is 0. The van der Waals surface area contributed by atoms with E-state index in [4.69, 9.17) is 11.6 Å². The summed E-state index contributed by atoms with van der Waals surface area (Å²) in [5.41, 5.74) is 2.72. The second-order valence-corrected chi connectivity index (χ2v) is 6.00. The molecule has 0 aliphatic carbocycles. The minimum atomic E-state index is -0.269. The number of halogens is 1. The fraction of sp³-hybridized carbons (Fsp3) is 0.400. The lowest BCUT2D eigenvalue weighted by molar-refractivity contribution is 0.255. The molecule has 0 aliphatic heterocycles. The highest BCUT2D eigenvalue weighted by Crippen LogP contribution is 2.24. The number of nitrogens with one attached hydrogen (secondary N) is 2. The normalized spacial score (nSPS) is 12.2. The van der Waals surface area contributed by atoms with Crippen molar-refractivity contribution in [1.29, 1.82) is 0 Å². The summed E-state index contributed by atoms with van der Waals surface area (Å²) in [6.07, 6.45) is 1.73. The van der Waals surface area contributed by atoms with Gasteiger partial charge in [-0.15, -0.1) is 0 Å². The van der Waals surface area contributed by atoms with E-state index in [2.05, 4.69) is 31.4 Å². The molecule has 0 unspecified atom stereocenters. The van der Waals surface area contributed by atoms with Gasteiger partial charge in [0.1, 0.15) is 0 Å². The molecule has 0 radical (unpaired) electrons. The van der Waals surface area contributed by atoms with Crippen LogP contribution in [0.2, 0.25) is 5.02 Å². The Balaban J connectivity index is 2.69. The maximum absolute atomic E-state index is 11.8. The van der Waals surface area contributed by atoms with Crippen LogP contribution in [0.4, 0.5) is 10.5 Å². The molecule has 3 nitrogen and oxygen atoms in total. The zero-order chi connectivity index (χ0) is 14.6. The highest BCUT2D eigenvalue weighted by molar-refractivity contribution is 6.31. The fourth-order valence-electron chi connectivity index (χ4n) is 1.29. The van der Waals surface area contributed by atoms with Crippen molar-refractivity contribution in [3.05, 3.63) is 40.6 Å². The molecule has 0 aromatic heterocycles. The molecular formula is C15H21ClN2O. The van der Waals surface area contributed by atoms with E-state index in [1.54, 1.807) is 18.3 Å². The van der Waals surface area contributed by atoms with Gasteiger partial charge >= 0.3 is 6.03 Å². The van der Waals surface area contributed by atoms with E-state index in [1.165, 1.54) is 0 Å². The lowest BCUT2D eigenvalue weighted by Gasteiger charge is -2.19. The van der Waals surface area contributed by atoms with Gasteiger partial charge in [-0.3, -0.25) is 0 Å². The third-order valence-electron chi connectivity index (χ3n) is 3.12. The molecule has 0 saturated carbocycles. The topological polar surface area (TPSA) is 41.1 Å². The number of benzene rings is 1. The number of carbonyl (C=O) groups excluding carboxylic acids is 1. The molecule has 0 heterocycles. The van der Waals surface area contributed by atoms with Crippen molar-refractivity contribution in [3.8, 4) is 0 Å². The lowest BCUT2D eigenvalue weighted by atomic mass is 9.88. The van der Waals surface area contributed by atoms with Crippen LogP contribution in [0.5, 0.6) is 0 Å². The number of urea groups is 1. The smallest absolute Gasteiger partial charge is 0.314 e. The van der Waals surface area contributed by atoms with Gasteiger partial charge in [-0.25, -0.2) is 4.79 Å². The summed E-state index contributed by atoms with van der Waals surface area (Å²) < 4.78 is 0. The number of rotatable bonds is 2. The van der Waals surface area contributed by atoms with E-state index in [9.17, 15) is 4.79 Å². The Bertz CT molecular complexity index is 501. The first-order valence-corrected chi connectivity index (χ1v) is 6.59. The Hall–Kier alpha value is -1.48.